The van der Waals surface area contributed by atoms with E-state index in [1.807, 2.05) is 81.4 Å². The summed E-state index contributed by atoms with van der Waals surface area (Å²) < 4.78 is 30.2. The molecule has 5 rings (SSSR count). The maximum Gasteiger partial charge on any atom is 0.500 e. The average molecular weight is 612 g/mol. The molecule has 4 aromatic rings. The summed E-state index contributed by atoms with van der Waals surface area (Å²) >= 11 is 0. The van der Waals surface area contributed by atoms with Crippen LogP contribution in [-0.4, -0.2) is 41.3 Å². The lowest BCUT2D eigenvalue weighted by atomic mass is 9.83. The summed E-state index contributed by atoms with van der Waals surface area (Å²) in [5.74, 6) is 0.800. The number of amides is 1. The molecule has 1 heterocycles. The molecule has 1 amide bonds. The van der Waals surface area contributed by atoms with Crippen molar-refractivity contribution in [1.29, 1.82) is 0 Å². The van der Waals surface area contributed by atoms with Gasteiger partial charge in [-0.05, 0) is 61.7 Å². The third-order valence-electron chi connectivity index (χ3n) is 7.69. The second-order valence-corrected chi connectivity index (χ2v) is 13.2. The number of nitrogens with one attached hydrogen (secondary N) is 1. The summed E-state index contributed by atoms with van der Waals surface area (Å²) in [6.45, 7) is 7.98. The number of ether oxygens (including phenoxy) is 2. The number of rotatable bonds is 14. The van der Waals surface area contributed by atoms with Crippen LogP contribution in [0.2, 0.25) is 6.04 Å². The molecule has 44 heavy (non-hydrogen) atoms. The highest BCUT2D eigenvalue weighted by atomic mass is 28.4. The third kappa shape index (κ3) is 6.89. The van der Waals surface area contributed by atoms with Crippen LogP contribution in [0.25, 0.3) is 16.8 Å². The van der Waals surface area contributed by atoms with Gasteiger partial charge < -0.3 is 28.1 Å². The largest absolute Gasteiger partial charge is 0.500 e. The minimum atomic E-state index is -2.74. The van der Waals surface area contributed by atoms with Crippen molar-refractivity contribution >= 4 is 31.7 Å². The van der Waals surface area contributed by atoms with E-state index in [2.05, 4.69) is 47.8 Å². The van der Waals surface area contributed by atoms with Gasteiger partial charge in [0.25, 0.3) is 0 Å². The molecular formula is C36H41NO6Si. The second-order valence-electron chi connectivity index (χ2n) is 10.5. The zero-order valence-electron chi connectivity index (χ0n) is 25.7. The van der Waals surface area contributed by atoms with Gasteiger partial charge in [0.05, 0.1) is 0 Å². The molecule has 1 aliphatic rings. The number of alkyl carbamates (subject to hydrolysis) is 1. The number of benzene rings is 4. The first kappa shape index (κ1) is 31.5. The zero-order valence-corrected chi connectivity index (χ0v) is 26.7. The first-order valence-electron chi connectivity index (χ1n) is 15.4. The van der Waals surface area contributed by atoms with Gasteiger partial charge in [0, 0.05) is 49.1 Å². The second kappa shape index (κ2) is 14.7. The molecule has 0 saturated heterocycles. The Balaban J connectivity index is 1.27. The fourth-order valence-corrected chi connectivity index (χ4v) is 8.37. The summed E-state index contributed by atoms with van der Waals surface area (Å²) in [7, 11) is -2.74. The summed E-state index contributed by atoms with van der Waals surface area (Å²) in [5.41, 5.74) is 3.30. The highest BCUT2D eigenvalue weighted by molar-refractivity contribution is 6.60. The van der Waals surface area contributed by atoms with Gasteiger partial charge in [0.15, 0.2) is 5.60 Å². The van der Waals surface area contributed by atoms with Gasteiger partial charge >= 0.3 is 14.9 Å². The molecule has 1 aliphatic heterocycles. The van der Waals surface area contributed by atoms with E-state index in [4.69, 9.17) is 22.8 Å². The number of hydrogen-bond acceptors (Lipinski definition) is 6. The first-order chi connectivity index (χ1) is 21.5. The lowest BCUT2D eigenvalue weighted by Gasteiger charge is -2.36. The molecule has 0 atom stereocenters. The molecule has 0 aliphatic carbocycles. The number of carbonyl (C=O) groups is 1. The fraction of sp³-hybridized carbons (Fsp3) is 0.306. The maximum atomic E-state index is 12.6. The van der Waals surface area contributed by atoms with E-state index in [0.717, 1.165) is 38.8 Å². The van der Waals surface area contributed by atoms with Crippen molar-refractivity contribution in [2.45, 2.75) is 45.4 Å². The lowest BCUT2D eigenvalue weighted by molar-refractivity contribution is 0.0706. The van der Waals surface area contributed by atoms with Crippen molar-refractivity contribution in [3.63, 3.8) is 0 Å². The molecule has 0 aromatic heterocycles. The SMILES string of the molecule is CCO[Si](CCCNC(=O)OCc1cccc2c3c(ccc12)OC(c1ccccc1)(c1ccccc1)C=C3)(OCC)OCC. The van der Waals surface area contributed by atoms with Crippen LogP contribution in [0, 0.1) is 0 Å². The first-order valence-corrected chi connectivity index (χ1v) is 17.3. The van der Waals surface area contributed by atoms with E-state index < -0.39 is 20.5 Å². The molecule has 4 aromatic carbocycles. The quantitative estimate of drug-likeness (QED) is 0.116. The Labute approximate surface area is 261 Å². The summed E-state index contributed by atoms with van der Waals surface area (Å²) in [4.78, 5) is 12.6. The minimum absolute atomic E-state index is 0.153. The number of carbonyl (C=O) groups excluding carboxylic acids is 1. The smallest absolute Gasteiger partial charge is 0.473 e. The van der Waals surface area contributed by atoms with Crippen LogP contribution in [0.3, 0.4) is 0 Å². The van der Waals surface area contributed by atoms with Crippen molar-refractivity contribution in [3.8, 4) is 5.75 Å². The van der Waals surface area contributed by atoms with Crippen molar-refractivity contribution in [2.24, 2.45) is 0 Å². The predicted octanol–water partition coefficient (Wildman–Crippen LogP) is 7.85. The number of hydrogen-bond donors (Lipinski definition) is 1. The van der Waals surface area contributed by atoms with Gasteiger partial charge in [-0.15, -0.1) is 0 Å². The number of fused-ring (bicyclic) bond motifs is 3. The molecule has 0 bridgehead atoms. The monoisotopic (exact) mass is 611 g/mol. The standard InChI is InChI=1S/C36H41NO6Si/c1-4-40-44(41-5-2,42-6-3)26-14-25-37-35(38)39-27-28-15-13-20-32-31(28)21-22-34-33(32)23-24-36(43-34,29-16-9-7-10-17-29)30-18-11-8-12-19-30/h7-13,15-24H,4-6,14,25-27H2,1-3H3,(H,37,38). The van der Waals surface area contributed by atoms with E-state index in [9.17, 15) is 4.79 Å². The Morgan fingerprint density at radius 3 is 2.02 bits per heavy atom. The molecule has 0 radical (unpaired) electrons. The van der Waals surface area contributed by atoms with Gasteiger partial charge in [0.1, 0.15) is 12.4 Å². The Bertz CT molecular complexity index is 1500. The van der Waals surface area contributed by atoms with E-state index in [-0.39, 0.29) is 6.61 Å². The van der Waals surface area contributed by atoms with Crippen LogP contribution in [0.4, 0.5) is 4.79 Å². The van der Waals surface area contributed by atoms with Crippen molar-refractivity contribution in [2.75, 3.05) is 26.4 Å². The van der Waals surface area contributed by atoms with Gasteiger partial charge in [0.2, 0.25) is 0 Å². The van der Waals surface area contributed by atoms with Crippen LogP contribution in [0.5, 0.6) is 5.75 Å². The Hall–Kier alpha value is -3.95. The molecular weight excluding hydrogens is 570 g/mol. The fourth-order valence-electron chi connectivity index (χ4n) is 5.76. The van der Waals surface area contributed by atoms with Gasteiger partial charge in [-0.1, -0.05) is 84.9 Å². The Morgan fingerprint density at radius 2 is 1.41 bits per heavy atom. The third-order valence-corrected chi connectivity index (χ3v) is 10.8. The molecule has 0 unspecified atom stereocenters. The van der Waals surface area contributed by atoms with Crippen LogP contribution >= 0.6 is 0 Å². The molecule has 230 valence electrons. The van der Waals surface area contributed by atoms with Crippen molar-refractivity contribution in [1.82, 2.24) is 5.32 Å². The summed E-state index contributed by atoms with van der Waals surface area (Å²) in [6.07, 6.45) is 4.49. The van der Waals surface area contributed by atoms with Crippen molar-refractivity contribution in [3.05, 3.63) is 119 Å². The van der Waals surface area contributed by atoms with E-state index in [1.165, 1.54) is 0 Å². The Kier molecular flexibility index (Phi) is 10.5. The molecule has 1 N–H and O–H groups in total. The topological polar surface area (TPSA) is 75.3 Å². The highest BCUT2D eigenvalue weighted by Gasteiger charge is 2.40. The normalized spacial score (nSPS) is 13.7. The highest BCUT2D eigenvalue weighted by Crippen LogP contribution is 2.44. The lowest BCUT2D eigenvalue weighted by Crippen LogP contribution is -2.46. The molecule has 7 nitrogen and oxygen atoms in total. The van der Waals surface area contributed by atoms with E-state index in [1.54, 1.807) is 0 Å². The van der Waals surface area contributed by atoms with Crippen LogP contribution in [-0.2, 0) is 30.2 Å². The van der Waals surface area contributed by atoms with Crippen LogP contribution in [0.1, 0.15) is 49.4 Å². The average Bonchev–Trinajstić information content (AvgIpc) is 3.06. The van der Waals surface area contributed by atoms with E-state index in [0.29, 0.717) is 38.8 Å². The molecule has 0 spiro atoms. The zero-order chi connectivity index (χ0) is 30.8. The summed E-state index contributed by atoms with van der Waals surface area (Å²) in [5, 5.41) is 4.91. The van der Waals surface area contributed by atoms with Crippen LogP contribution < -0.4 is 10.1 Å². The molecule has 8 heteroatoms. The maximum absolute atomic E-state index is 12.6. The molecule has 0 saturated carbocycles. The Morgan fingerprint density at radius 1 is 0.773 bits per heavy atom. The molecule has 0 fully saturated rings. The van der Waals surface area contributed by atoms with Gasteiger partial charge in [-0.3, -0.25) is 0 Å². The van der Waals surface area contributed by atoms with E-state index >= 15 is 0 Å². The van der Waals surface area contributed by atoms with Gasteiger partial charge in [-0.25, -0.2) is 4.79 Å². The minimum Gasteiger partial charge on any atom is -0.473 e. The van der Waals surface area contributed by atoms with Crippen molar-refractivity contribution < 1.29 is 27.5 Å². The summed E-state index contributed by atoms with van der Waals surface area (Å²) in [6, 6.07) is 31.3. The van der Waals surface area contributed by atoms with Crippen LogP contribution in [0.15, 0.2) is 97.1 Å². The predicted molar refractivity (Wildman–Crippen MR) is 176 cm³/mol. The van der Waals surface area contributed by atoms with Gasteiger partial charge in [-0.2, -0.15) is 0 Å².